The molecule has 0 radical (unpaired) electrons. The van der Waals surface area contributed by atoms with Crippen LogP contribution in [0.2, 0.25) is 0 Å². The summed E-state index contributed by atoms with van der Waals surface area (Å²) in [4.78, 5) is 40.4. The van der Waals surface area contributed by atoms with Crippen molar-refractivity contribution < 1.29 is 14.4 Å². The van der Waals surface area contributed by atoms with Gasteiger partial charge in [0.15, 0.2) is 0 Å². The maximum Gasteiger partial charge on any atom is 0.255 e. The number of benzene rings is 6. The number of rotatable bonds is 8. The molecule has 0 atom stereocenters. The Morgan fingerprint density at radius 3 is 1.36 bits per heavy atom. The van der Waals surface area contributed by atoms with Gasteiger partial charge < -0.3 is 16.0 Å². The lowest BCUT2D eigenvalue weighted by Crippen LogP contribution is -2.18. The Kier molecular flexibility index (Phi) is 8.99. The summed E-state index contributed by atoms with van der Waals surface area (Å²) >= 11 is 0. The van der Waals surface area contributed by atoms with Crippen LogP contribution < -0.4 is 16.0 Å². The highest BCUT2D eigenvalue weighted by Crippen LogP contribution is 2.26. The highest BCUT2D eigenvalue weighted by molar-refractivity contribution is 6.11. The van der Waals surface area contributed by atoms with Crippen LogP contribution in [-0.4, -0.2) is 17.7 Å². The molecule has 0 aliphatic rings. The van der Waals surface area contributed by atoms with Crippen LogP contribution in [0.25, 0.3) is 22.3 Å². The molecule has 226 valence electrons. The lowest BCUT2D eigenvalue weighted by molar-refractivity contribution is 0.101. The van der Waals surface area contributed by atoms with E-state index in [1.165, 1.54) is 18.2 Å². The quantitative estimate of drug-likeness (QED) is 0.150. The highest BCUT2D eigenvalue weighted by Gasteiger charge is 2.17. The Morgan fingerprint density at radius 1 is 0.404 bits per heavy atom. The molecule has 0 spiro atoms. The van der Waals surface area contributed by atoms with E-state index in [9.17, 15) is 14.4 Å². The van der Waals surface area contributed by atoms with Gasteiger partial charge in [-0.3, -0.25) is 14.4 Å². The minimum Gasteiger partial charge on any atom is -0.322 e. The maximum atomic E-state index is 13.6. The minimum absolute atomic E-state index is 0.188. The second kappa shape index (κ2) is 13.9. The summed E-state index contributed by atoms with van der Waals surface area (Å²) in [6, 6.07) is 45.9. The number of carbonyl (C=O) groups excluding carboxylic acids is 3. The summed E-state index contributed by atoms with van der Waals surface area (Å²) in [5.74, 6) is 1.20. The molecule has 0 aromatic heterocycles. The van der Waals surface area contributed by atoms with E-state index < -0.39 is 17.7 Å². The van der Waals surface area contributed by atoms with Gasteiger partial charge in [-0.1, -0.05) is 96.9 Å². The fraction of sp³-hybridized carbons (Fsp3) is 0. The zero-order valence-corrected chi connectivity index (χ0v) is 25.2. The van der Waals surface area contributed by atoms with Crippen molar-refractivity contribution in [2.75, 3.05) is 16.0 Å². The lowest BCUT2D eigenvalue weighted by Gasteiger charge is -2.13. The highest BCUT2D eigenvalue weighted by atomic mass is 16.2. The smallest absolute Gasteiger partial charge is 0.255 e. The van der Waals surface area contributed by atoms with Gasteiger partial charge in [-0.15, -0.1) is 6.42 Å². The molecular formula is C41H29N3O3. The van der Waals surface area contributed by atoms with Gasteiger partial charge in [0.25, 0.3) is 17.7 Å². The molecule has 6 rings (SSSR count). The van der Waals surface area contributed by atoms with E-state index in [-0.39, 0.29) is 16.8 Å². The molecule has 0 aliphatic carbocycles. The Morgan fingerprint density at radius 2 is 0.851 bits per heavy atom. The molecule has 0 saturated carbocycles. The van der Waals surface area contributed by atoms with Crippen molar-refractivity contribution in [1.82, 2.24) is 0 Å². The topological polar surface area (TPSA) is 87.3 Å². The lowest BCUT2D eigenvalue weighted by atomic mass is 10.0. The average molecular weight is 612 g/mol. The minimum atomic E-state index is -0.444. The Labute approximate surface area is 273 Å². The van der Waals surface area contributed by atoms with Gasteiger partial charge in [0.05, 0.1) is 0 Å². The maximum absolute atomic E-state index is 13.6. The first-order valence-electron chi connectivity index (χ1n) is 14.9. The van der Waals surface area contributed by atoms with Crippen LogP contribution in [0.4, 0.5) is 17.1 Å². The third-order valence-corrected chi connectivity index (χ3v) is 7.46. The van der Waals surface area contributed by atoms with E-state index in [0.717, 1.165) is 22.3 Å². The molecule has 6 nitrogen and oxygen atoms in total. The predicted octanol–water partition coefficient (Wildman–Crippen LogP) is 8.76. The van der Waals surface area contributed by atoms with Crippen molar-refractivity contribution in [3.8, 4) is 34.6 Å². The number of nitrogens with one attached hydrogen (secondary N) is 3. The second-order valence-corrected chi connectivity index (χ2v) is 10.8. The summed E-state index contributed by atoms with van der Waals surface area (Å²) in [5, 5.41) is 8.68. The van der Waals surface area contributed by atoms with Gasteiger partial charge in [-0.05, 0) is 82.9 Å². The first kappa shape index (κ1) is 30.3. The molecule has 0 saturated heterocycles. The number of terminal acetylenes is 1. The Hall–Kier alpha value is -6.71. The summed E-state index contributed by atoms with van der Waals surface area (Å²) < 4.78 is 0. The van der Waals surface area contributed by atoms with E-state index in [1.807, 2.05) is 97.1 Å². The standard InChI is InChI=1S/C41H29N3O3/c1-2-28-12-9-19-33(22-28)39(45)44-38-26-34(40(46)42-36-20-10-17-31(24-36)29-13-5-3-6-14-29)23-35(27-38)41(47)43-37-21-11-18-32(25-37)30-15-7-4-8-16-30/h1,3-27H,(H,42,46)(H,43,47)(H,44,45). The van der Waals surface area contributed by atoms with Crippen LogP contribution >= 0.6 is 0 Å². The summed E-state index contributed by atoms with van der Waals surface area (Å²) in [6.07, 6.45) is 5.52. The van der Waals surface area contributed by atoms with Crippen LogP contribution in [0.1, 0.15) is 36.6 Å². The summed E-state index contributed by atoms with van der Waals surface area (Å²) in [6.45, 7) is 0. The summed E-state index contributed by atoms with van der Waals surface area (Å²) in [5.41, 5.74) is 6.62. The fourth-order valence-corrected chi connectivity index (χ4v) is 5.14. The molecular weight excluding hydrogens is 582 g/mol. The second-order valence-electron chi connectivity index (χ2n) is 10.8. The van der Waals surface area contributed by atoms with E-state index in [1.54, 1.807) is 36.4 Å². The number of hydrogen-bond donors (Lipinski definition) is 3. The number of anilines is 3. The van der Waals surface area contributed by atoms with E-state index in [4.69, 9.17) is 6.42 Å². The van der Waals surface area contributed by atoms with Crippen molar-refractivity contribution in [2.24, 2.45) is 0 Å². The molecule has 3 N–H and O–H groups in total. The zero-order chi connectivity index (χ0) is 32.6. The van der Waals surface area contributed by atoms with E-state index >= 15 is 0 Å². The molecule has 0 fully saturated rings. The molecule has 6 aromatic rings. The number of carbonyl (C=O) groups is 3. The van der Waals surface area contributed by atoms with Gasteiger partial charge in [-0.2, -0.15) is 0 Å². The normalized spacial score (nSPS) is 10.4. The van der Waals surface area contributed by atoms with Gasteiger partial charge in [-0.25, -0.2) is 0 Å². The van der Waals surface area contributed by atoms with Gasteiger partial charge in [0, 0.05) is 39.3 Å². The van der Waals surface area contributed by atoms with Gasteiger partial charge >= 0.3 is 0 Å². The van der Waals surface area contributed by atoms with Crippen LogP contribution in [-0.2, 0) is 0 Å². The molecule has 0 bridgehead atoms. The van der Waals surface area contributed by atoms with Crippen LogP contribution in [0.5, 0.6) is 0 Å². The molecule has 3 amide bonds. The summed E-state index contributed by atoms with van der Waals surface area (Å²) in [7, 11) is 0. The Bertz CT molecular complexity index is 2020. The zero-order valence-electron chi connectivity index (χ0n) is 25.2. The third-order valence-electron chi connectivity index (χ3n) is 7.46. The SMILES string of the molecule is C#Cc1cccc(C(=O)Nc2cc(C(=O)Nc3cccc(-c4ccccc4)c3)cc(C(=O)Nc3cccc(-c4ccccc4)c3)c2)c1. The number of amides is 3. The van der Waals surface area contributed by atoms with Crippen molar-refractivity contribution in [1.29, 1.82) is 0 Å². The molecule has 6 heteroatoms. The van der Waals surface area contributed by atoms with Gasteiger partial charge in [0.2, 0.25) is 0 Å². The monoisotopic (exact) mass is 611 g/mol. The molecule has 47 heavy (non-hydrogen) atoms. The molecule has 0 unspecified atom stereocenters. The van der Waals surface area contributed by atoms with Gasteiger partial charge in [0.1, 0.15) is 0 Å². The molecule has 0 heterocycles. The predicted molar refractivity (Wildman–Crippen MR) is 188 cm³/mol. The third kappa shape index (κ3) is 7.51. The first-order valence-corrected chi connectivity index (χ1v) is 14.9. The first-order chi connectivity index (χ1) is 22.9. The fourth-order valence-electron chi connectivity index (χ4n) is 5.14. The molecule has 6 aromatic carbocycles. The molecule has 0 aliphatic heterocycles. The van der Waals surface area contributed by atoms with Crippen LogP contribution in [0.3, 0.4) is 0 Å². The van der Waals surface area contributed by atoms with Crippen LogP contribution in [0.15, 0.2) is 152 Å². The number of hydrogen-bond acceptors (Lipinski definition) is 3. The van der Waals surface area contributed by atoms with Crippen LogP contribution in [0, 0.1) is 12.3 Å². The Balaban J connectivity index is 1.30. The average Bonchev–Trinajstić information content (AvgIpc) is 3.12. The van der Waals surface area contributed by atoms with Crippen molar-refractivity contribution in [3.05, 3.63) is 174 Å². The van der Waals surface area contributed by atoms with Crippen molar-refractivity contribution >= 4 is 34.8 Å². The van der Waals surface area contributed by atoms with E-state index in [0.29, 0.717) is 22.5 Å². The largest absolute Gasteiger partial charge is 0.322 e. The van der Waals surface area contributed by atoms with E-state index in [2.05, 4.69) is 21.9 Å². The van der Waals surface area contributed by atoms with Crippen molar-refractivity contribution in [2.45, 2.75) is 0 Å². The van der Waals surface area contributed by atoms with Crippen molar-refractivity contribution in [3.63, 3.8) is 0 Å².